The first-order chi connectivity index (χ1) is 11.2. The summed E-state index contributed by atoms with van der Waals surface area (Å²) in [5.74, 6) is -0.733. The van der Waals surface area contributed by atoms with E-state index in [4.69, 9.17) is 0 Å². The number of carbonyl (C=O) groups is 1. The van der Waals surface area contributed by atoms with E-state index in [1.807, 2.05) is 11.8 Å². The van der Waals surface area contributed by atoms with Gasteiger partial charge in [-0.2, -0.15) is 0 Å². The molecule has 0 saturated carbocycles. The Kier molecular flexibility index (Phi) is 6.00. The monoisotopic (exact) mass is 374 g/mol. The number of nitrogens with one attached hydrogen (secondary N) is 2. The van der Waals surface area contributed by atoms with Crippen molar-refractivity contribution in [3.63, 3.8) is 0 Å². The third-order valence-corrected chi connectivity index (χ3v) is 7.00. The maximum Gasteiger partial charge on any atom is 0.257 e. The molecule has 1 aromatic rings. The Labute approximate surface area is 142 Å². The van der Waals surface area contributed by atoms with Crippen molar-refractivity contribution in [3.05, 3.63) is 29.8 Å². The second-order valence-corrected chi connectivity index (χ2v) is 9.93. The van der Waals surface area contributed by atoms with Crippen LogP contribution >= 0.6 is 0 Å². The first-order valence-corrected chi connectivity index (χ1v) is 11.1. The van der Waals surface area contributed by atoms with E-state index in [1.54, 1.807) is 12.1 Å². The number of sulfone groups is 1. The van der Waals surface area contributed by atoms with E-state index >= 15 is 0 Å². The maximum atomic E-state index is 12.1. The molecular formula is C15H22N2O5S2. The minimum atomic E-state index is -3.84. The molecular weight excluding hydrogens is 352 g/mol. The summed E-state index contributed by atoms with van der Waals surface area (Å²) >= 11 is 0. The smallest absolute Gasteiger partial charge is 0.257 e. The van der Waals surface area contributed by atoms with Gasteiger partial charge in [0.25, 0.3) is 10.0 Å². The SMILES string of the molecule is CCCc1ccc(S(=O)(=O)NNC(=O)C[C@@H]2CCS(=O)(=O)C2)cc1. The van der Waals surface area contributed by atoms with Crippen molar-refractivity contribution in [2.45, 2.75) is 37.5 Å². The topological polar surface area (TPSA) is 109 Å². The summed E-state index contributed by atoms with van der Waals surface area (Å²) in [6.45, 7) is 2.04. The fraction of sp³-hybridized carbons (Fsp3) is 0.533. The van der Waals surface area contributed by atoms with Gasteiger partial charge >= 0.3 is 0 Å². The predicted octanol–water partition coefficient (Wildman–Crippen LogP) is 0.773. The standard InChI is InChI=1S/C15H22N2O5S2/c1-2-3-12-4-6-14(7-5-12)24(21,22)17-16-15(18)10-13-8-9-23(19,20)11-13/h4-7,13,17H,2-3,8-11H2,1H3,(H,16,18)/t13-/m0/s1. The van der Waals surface area contributed by atoms with Gasteiger partial charge in [0.1, 0.15) is 0 Å². The lowest BCUT2D eigenvalue weighted by molar-refractivity contribution is -0.122. The highest BCUT2D eigenvalue weighted by molar-refractivity contribution is 7.91. The van der Waals surface area contributed by atoms with Crippen LogP contribution in [0.3, 0.4) is 0 Å². The molecule has 0 unspecified atom stereocenters. The number of hydrogen-bond donors (Lipinski definition) is 2. The van der Waals surface area contributed by atoms with Crippen LogP contribution < -0.4 is 10.3 Å². The second-order valence-electron chi connectivity index (χ2n) is 6.02. The van der Waals surface area contributed by atoms with E-state index in [-0.39, 0.29) is 28.7 Å². The second kappa shape index (κ2) is 7.62. The number of amides is 1. The largest absolute Gasteiger partial charge is 0.278 e. The molecule has 1 aliphatic rings. The third-order valence-electron chi connectivity index (χ3n) is 3.90. The quantitative estimate of drug-likeness (QED) is 0.685. The zero-order valence-corrected chi connectivity index (χ0v) is 15.1. The third kappa shape index (κ3) is 5.29. The van der Waals surface area contributed by atoms with E-state index < -0.39 is 25.8 Å². The molecule has 1 fully saturated rings. The van der Waals surface area contributed by atoms with Crippen molar-refractivity contribution in [2.24, 2.45) is 5.92 Å². The molecule has 7 nitrogen and oxygen atoms in total. The fourth-order valence-corrected chi connectivity index (χ4v) is 5.38. The van der Waals surface area contributed by atoms with Crippen molar-refractivity contribution in [1.29, 1.82) is 0 Å². The number of carbonyl (C=O) groups excluding carboxylic acids is 1. The van der Waals surface area contributed by atoms with Gasteiger partial charge in [-0.1, -0.05) is 25.5 Å². The normalized spacial score (nSPS) is 20.0. The molecule has 9 heteroatoms. The van der Waals surface area contributed by atoms with Crippen LogP contribution in [0.25, 0.3) is 0 Å². The Morgan fingerprint density at radius 3 is 2.46 bits per heavy atom. The van der Waals surface area contributed by atoms with E-state index in [0.717, 1.165) is 18.4 Å². The summed E-state index contributed by atoms with van der Waals surface area (Å²) in [6.07, 6.45) is 2.25. The molecule has 2 N–H and O–H groups in total. The Bertz CT molecular complexity index is 786. The lowest BCUT2D eigenvalue weighted by Gasteiger charge is -2.11. The van der Waals surface area contributed by atoms with Crippen LogP contribution in [-0.2, 0) is 31.1 Å². The number of rotatable bonds is 7. The van der Waals surface area contributed by atoms with Crippen LogP contribution in [0.4, 0.5) is 0 Å². The molecule has 0 bridgehead atoms. The van der Waals surface area contributed by atoms with Gasteiger partial charge in [-0.3, -0.25) is 10.2 Å². The molecule has 2 rings (SSSR count). The summed E-state index contributed by atoms with van der Waals surface area (Å²) in [5, 5.41) is 0. The van der Waals surface area contributed by atoms with Gasteiger partial charge in [0.2, 0.25) is 5.91 Å². The maximum absolute atomic E-state index is 12.1. The molecule has 1 saturated heterocycles. The average molecular weight is 374 g/mol. The van der Waals surface area contributed by atoms with Gasteiger partial charge in [-0.25, -0.2) is 16.8 Å². The number of hydrazine groups is 1. The molecule has 0 aromatic heterocycles. The summed E-state index contributed by atoms with van der Waals surface area (Å²) in [6, 6.07) is 6.46. The van der Waals surface area contributed by atoms with Crippen molar-refractivity contribution in [1.82, 2.24) is 10.3 Å². The van der Waals surface area contributed by atoms with Crippen LogP contribution in [-0.4, -0.2) is 34.2 Å². The van der Waals surface area contributed by atoms with Gasteiger partial charge in [-0.05, 0) is 36.5 Å². The van der Waals surface area contributed by atoms with E-state index in [0.29, 0.717) is 6.42 Å². The molecule has 1 aliphatic heterocycles. The minimum absolute atomic E-state index is 0.0167. The highest BCUT2D eigenvalue weighted by Crippen LogP contribution is 2.21. The lowest BCUT2D eigenvalue weighted by Crippen LogP contribution is -2.42. The van der Waals surface area contributed by atoms with E-state index in [1.165, 1.54) is 12.1 Å². The van der Waals surface area contributed by atoms with Crippen LogP contribution in [0.5, 0.6) is 0 Å². The van der Waals surface area contributed by atoms with Gasteiger partial charge < -0.3 is 0 Å². The summed E-state index contributed by atoms with van der Waals surface area (Å²) in [4.78, 5) is 13.9. The molecule has 0 radical (unpaired) electrons. The van der Waals surface area contributed by atoms with Crippen LogP contribution in [0.15, 0.2) is 29.2 Å². The predicted molar refractivity (Wildman–Crippen MR) is 90.3 cm³/mol. The Balaban J connectivity index is 1.89. The first kappa shape index (κ1) is 18.9. The first-order valence-electron chi connectivity index (χ1n) is 7.82. The van der Waals surface area contributed by atoms with Crippen LogP contribution in [0.2, 0.25) is 0 Å². The van der Waals surface area contributed by atoms with Crippen LogP contribution in [0.1, 0.15) is 31.7 Å². The lowest BCUT2D eigenvalue weighted by atomic mass is 10.1. The van der Waals surface area contributed by atoms with Crippen molar-refractivity contribution in [3.8, 4) is 0 Å². The number of aryl methyl sites for hydroxylation is 1. The zero-order chi connectivity index (χ0) is 17.8. The zero-order valence-electron chi connectivity index (χ0n) is 13.5. The summed E-state index contributed by atoms with van der Waals surface area (Å²) in [5.41, 5.74) is 3.19. The molecule has 24 heavy (non-hydrogen) atoms. The van der Waals surface area contributed by atoms with Gasteiger partial charge in [0.15, 0.2) is 9.84 Å². The van der Waals surface area contributed by atoms with E-state index in [2.05, 4.69) is 5.43 Å². The number of hydrogen-bond acceptors (Lipinski definition) is 5. The highest BCUT2D eigenvalue weighted by atomic mass is 32.2. The van der Waals surface area contributed by atoms with Crippen molar-refractivity contribution < 1.29 is 21.6 Å². The Morgan fingerprint density at radius 1 is 1.25 bits per heavy atom. The Hall–Kier alpha value is -1.45. The van der Waals surface area contributed by atoms with Crippen molar-refractivity contribution in [2.75, 3.05) is 11.5 Å². The molecule has 1 amide bonds. The minimum Gasteiger partial charge on any atom is -0.278 e. The van der Waals surface area contributed by atoms with Crippen molar-refractivity contribution >= 4 is 25.8 Å². The summed E-state index contributed by atoms with van der Waals surface area (Å²) < 4.78 is 47.0. The van der Waals surface area contributed by atoms with E-state index in [9.17, 15) is 21.6 Å². The average Bonchev–Trinajstić information content (AvgIpc) is 2.85. The number of benzene rings is 1. The molecule has 134 valence electrons. The van der Waals surface area contributed by atoms with Crippen LogP contribution in [0, 0.1) is 5.92 Å². The van der Waals surface area contributed by atoms with Gasteiger partial charge in [0.05, 0.1) is 16.4 Å². The molecule has 0 spiro atoms. The number of sulfonamides is 1. The van der Waals surface area contributed by atoms with Gasteiger partial charge in [-0.15, -0.1) is 4.83 Å². The fourth-order valence-electron chi connectivity index (χ4n) is 2.65. The van der Waals surface area contributed by atoms with Gasteiger partial charge in [0, 0.05) is 6.42 Å². The molecule has 0 aliphatic carbocycles. The molecule has 1 atom stereocenters. The molecule has 1 heterocycles. The highest BCUT2D eigenvalue weighted by Gasteiger charge is 2.29. The Morgan fingerprint density at radius 2 is 1.92 bits per heavy atom. The summed E-state index contributed by atoms with van der Waals surface area (Å²) in [7, 11) is -6.90. The molecule has 1 aromatic carbocycles.